The minimum Gasteiger partial charge on any atom is -0.494 e. The first-order valence-electron chi connectivity index (χ1n) is 9.75. The Kier molecular flexibility index (Phi) is 6.49. The highest BCUT2D eigenvalue weighted by molar-refractivity contribution is 6.12. The third-order valence-electron chi connectivity index (χ3n) is 4.66. The van der Waals surface area contributed by atoms with Gasteiger partial charge in [0.1, 0.15) is 5.75 Å². The van der Waals surface area contributed by atoms with Crippen LogP contribution < -0.4 is 10.1 Å². The zero-order valence-corrected chi connectivity index (χ0v) is 16.7. The molecule has 0 fully saturated rings. The molecule has 0 amide bonds. The number of nitrogens with one attached hydrogen (secondary N) is 1. The van der Waals surface area contributed by atoms with Gasteiger partial charge in [0.15, 0.2) is 5.78 Å². The molecule has 0 aromatic heterocycles. The maximum absolute atomic E-state index is 13.0. The zero-order valence-electron chi connectivity index (χ0n) is 16.7. The van der Waals surface area contributed by atoms with Crippen molar-refractivity contribution in [3.63, 3.8) is 0 Å². The van der Waals surface area contributed by atoms with Crippen LogP contribution in [0.3, 0.4) is 0 Å². The second kappa shape index (κ2) is 9.23. The van der Waals surface area contributed by atoms with Gasteiger partial charge in [-0.05, 0) is 57.0 Å². The number of benzene rings is 3. The molecule has 144 valence electrons. The summed E-state index contributed by atoms with van der Waals surface area (Å²) >= 11 is 0. The fraction of sp³-hybridized carbons (Fsp3) is 0.240. The molecule has 0 spiro atoms. The van der Waals surface area contributed by atoms with E-state index in [0.29, 0.717) is 17.7 Å². The first-order valence-corrected chi connectivity index (χ1v) is 9.75. The lowest BCUT2D eigenvalue weighted by Gasteiger charge is -2.18. The van der Waals surface area contributed by atoms with Crippen LogP contribution in [0.4, 0.5) is 5.69 Å². The third kappa shape index (κ3) is 5.01. The predicted molar refractivity (Wildman–Crippen MR) is 115 cm³/mol. The standard InChI is InChI=1S/C25H27NO2/c1-4-28-22-15-11-20(12-16-22)17-19(3)26-24-8-6-5-7-23(24)25(27)21-13-9-18(2)10-14-21/h5-16,19,26H,4,17H2,1-3H3. The number of para-hydroxylation sites is 1. The minimum atomic E-state index is 0.0383. The van der Waals surface area contributed by atoms with Crippen LogP contribution >= 0.6 is 0 Å². The lowest BCUT2D eigenvalue weighted by atomic mass is 9.99. The third-order valence-corrected chi connectivity index (χ3v) is 4.66. The molecule has 0 saturated carbocycles. The van der Waals surface area contributed by atoms with E-state index in [1.165, 1.54) is 5.56 Å². The van der Waals surface area contributed by atoms with Crippen molar-refractivity contribution >= 4 is 11.5 Å². The predicted octanol–water partition coefficient (Wildman–Crippen LogP) is 5.67. The Hall–Kier alpha value is -3.07. The van der Waals surface area contributed by atoms with Crippen molar-refractivity contribution < 1.29 is 9.53 Å². The van der Waals surface area contributed by atoms with E-state index in [-0.39, 0.29) is 11.8 Å². The van der Waals surface area contributed by atoms with Gasteiger partial charge in [0, 0.05) is 22.9 Å². The number of ether oxygens (including phenoxy) is 1. The summed E-state index contributed by atoms with van der Waals surface area (Å²) in [7, 11) is 0. The molecular weight excluding hydrogens is 346 g/mol. The molecule has 3 heteroatoms. The van der Waals surface area contributed by atoms with E-state index in [0.717, 1.165) is 23.4 Å². The number of hydrogen-bond acceptors (Lipinski definition) is 3. The number of carbonyl (C=O) groups is 1. The lowest BCUT2D eigenvalue weighted by Crippen LogP contribution is -2.20. The van der Waals surface area contributed by atoms with Gasteiger partial charge in [0.2, 0.25) is 0 Å². The minimum absolute atomic E-state index is 0.0383. The van der Waals surface area contributed by atoms with Gasteiger partial charge in [0.25, 0.3) is 0 Å². The van der Waals surface area contributed by atoms with Crippen LogP contribution in [-0.2, 0) is 6.42 Å². The van der Waals surface area contributed by atoms with Crippen LogP contribution in [0.1, 0.15) is 40.9 Å². The van der Waals surface area contributed by atoms with Crippen molar-refractivity contribution in [3.05, 3.63) is 95.1 Å². The van der Waals surface area contributed by atoms with Crippen LogP contribution in [-0.4, -0.2) is 18.4 Å². The first kappa shape index (κ1) is 19.7. The molecule has 0 aliphatic heterocycles. The average molecular weight is 373 g/mol. The van der Waals surface area contributed by atoms with Gasteiger partial charge in [-0.3, -0.25) is 4.79 Å². The van der Waals surface area contributed by atoms with E-state index < -0.39 is 0 Å². The topological polar surface area (TPSA) is 38.3 Å². The zero-order chi connectivity index (χ0) is 19.9. The van der Waals surface area contributed by atoms with Crippen LogP contribution in [0, 0.1) is 6.92 Å². The van der Waals surface area contributed by atoms with Gasteiger partial charge in [0.05, 0.1) is 6.61 Å². The lowest BCUT2D eigenvalue weighted by molar-refractivity contribution is 0.103. The summed E-state index contributed by atoms with van der Waals surface area (Å²) in [5.41, 5.74) is 4.65. The second-order valence-corrected chi connectivity index (χ2v) is 7.07. The molecule has 1 N–H and O–H groups in total. The number of hydrogen-bond donors (Lipinski definition) is 1. The number of anilines is 1. The van der Waals surface area contributed by atoms with Crippen LogP contribution in [0.15, 0.2) is 72.8 Å². The van der Waals surface area contributed by atoms with Crippen molar-refractivity contribution in [2.75, 3.05) is 11.9 Å². The number of aryl methyl sites for hydroxylation is 1. The highest BCUT2D eigenvalue weighted by Gasteiger charge is 2.15. The SMILES string of the molecule is CCOc1ccc(CC(C)Nc2ccccc2C(=O)c2ccc(C)cc2)cc1. The highest BCUT2D eigenvalue weighted by atomic mass is 16.5. The van der Waals surface area contributed by atoms with E-state index in [1.54, 1.807) is 0 Å². The maximum Gasteiger partial charge on any atom is 0.195 e. The van der Waals surface area contributed by atoms with Crippen LogP contribution in [0.2, 0.25) is 0 Å². The highest BCUT2D eigenvalue weighted by Crippen LogP contribution is 2.22. The van der Waals surface area contributed by atoms with Crippen molar-refractivity contribution in [1.82, 2.24) is 0 Å². The summed E-state index contributed by atoms with van der Waals surface area (Å²) < 4.78 is 5.50. The maximum atomic E-state index is 13.0. The second-order valence-electron chi connectivity index (χ2n) is 7.07. The fourth-order valence-electron chi connectivity index (χ4n) is 3.23. The number of rotatable bonds is 8. The van der Waals surface area contributed by atoms with Gasteiger partial charge in [-0.15, -0.1) is 0 Å². The van der Waals surface area contributed by atoms with Crippen molar-refractivity contribution in [1.29, 1.82) is 0 Å². The van der Waals surface area contributed by atoms with Gasteiger partial charge in [-0.25, -0.2) is 0 Å². The Morgan fingerprint density at radius 3 is 2.32 bits per heavy atom. The quantitative estimate of drug-likeness (QED) is 0.517. The van der Waals surface area contributed by atoms with Gasteiger partial charge in [-0.2, -0.15) is 0 Å². The molecule has 3 aromatic rings. The van der Waals surface area contributed by atoms with E-state index in [4.69, 9.17) is 4.74 Å². The molecule has 1 unspecified atom stereocenters. The number of carbonyl (C=O) groups excluding carboxylic acids is 1. The molecule has 3 rings (SSSR count). The normalized spacial score (nSPS) is 11.7. The van der Waals surface area contributed by atoms with Crippen LogP contribution in [0.5, 0.6) is 5.75 Å². The Bertz CT molecular complexity index is 914. The van der Waals surface area contributed by atoms with Gasteiger partial charge in [-0.1, -0.05) is 54.1 Å². The smallest absolute Gasteiger partial charge is 0.195 e. The molecular formula is C25H27NO2. The molecule has 0 saturated heterocycles. The van der Waals surface area contributed by atoms with E-state index in [2.05, 4.69) is 24.4 Å². The van der Waals surface area contributed by atoms with Crippen molar-refractivity contribution in [3.8, 4) is 5.75 Å². The monoisotopic (exact) mass is 373 g/mol. The summed E-state index contributed by atoms with van der Waals surface area (Å²) in [6.45, 7) is 6.80. The Morgan fingerprint density at radius 1 is 0.964 bits per heavy atom. The van der Waals surface area contributed by atoms with Crippen LogP contribution in [0.25, 0.3) is 0 Å². The summed E-state index contributed by atoms with van der Waals surface area (Å²) in [5, 5.41) is 3.51. The summed E-state index contributed by atoms with van der Waals surface area (Å²) in [6, 6.07) is 23.8. The molecule has 0 bridgehead atoms. The fourth-order valence-corrected chi connectivity index (χ4v) is 3.23. The molecule has 3 nitrogen and oxygen atoms in total. The molecule has 28 heavy (non-hydrogen) atoms. The largest absolute Gasteiger partial charge is 0.494 e. The number of ketones is 1. The van der Waals surface area contributed by atoms with Crippen molar-refractivity contribution in [2.45, 2.75) is 33.2 Å². The first-order chi connectivity index (χ1) is 13.6. The summed E-state index contributed by atoms with van der Waals surface area (Å²) in [5.74, 6) is 0.928. The summed E-state index contributed by atoms with van der Waals surface area (Å²) in [6.07, 6.45) is 0.861. The molecule has 1 atom stereocenters. The van der Waals surface area contributed by atoms with Gasteiger partial charge < -0.3 is 10.1 Å². The Labute approximate surface area is 167 Å². The van der Waals surface area contributed by atoms with Gasteiger partial charge >= 0.3 is 0 Å². The average Bonchev–Trinajstić information content (AvgIpc) is 2.70. The van der Waals surface area contributed by atoms with E-state index in [1.807, 2.05) is 74.5 Å². The van der Waals surface area contributed by atoms with Crippen molar-refractivity contribution in [2.24, 2.45) is 0 Å². The molecule has 0 radical (unpaired) electrons. The van der Waals surface area contributed by atoms with E-state index >= 15 is 0 Å². The summed E-state index contributed by atoms with van der Waals surface area (Å²) in [4.78, 5) is 13.0. The van der Waals surface area contributed by atoms with E-state index in [9.17, 15) is 4.79 Å². The Balaban J connectivity index is 1.71. The molecule has 0 aliphatic rings. The molecule has 0 aliphatic carbocycles. The Morgan fingerprint density at radius 2 is 1.64 bits per heavy atom. The molecule has 3 aromatic carbocycles. The molecule has 0 heterocycles.